The van der Waals surface area contributed by atoms with Crippen LogP contribution in [0.5, 0.6) is 5.75 Å². The highest BCUT2D eigenvalue weighted by molar-refractivity contribution is 6.32. The van der Waals surface area contributed by atoms with E-state index in [2.05, 4.69) is 15.5 Å². The summed E-state index contributed by atoms with van der Waals surface area (Å²) in [6.45, 7) is 0. The van der Waals surface area contributed by atoms with Gasteiger partial charge in [-0.15, -0.1) is 0 Å². The molecule has 24 heavy (non-hydrogen) atoms. The Bertz CT molecular complexity index is 893. The van der Waals surface area contributed by atoms with Crippen molar-refractivity contribution >= 4 is 34.8 Å². The summed E-state index contributed by atoms with van der Waals surface area (Å²) >= 11 is 12.0. The van der Waals surface area contributed by atoms with Crippen LogP contribution < -0.4 is 10.1 Å². The van der Waals surface area contributed by atoms with E-state index in [0.29, 0.717) is 32.9 Å². The third-order valence-corrected chi connectivity index (χ3v) is 3.88. The number of anilines is 1. The summed E-state index contributed by atoms with van der Waals surface area (Å²) < 4.78 is 5.08. The number of H-pyrrole nitrogens is 1. The molecule has 3 rings (SSSR count). The number of nitrogens with one attached hydrogen (secondary N) is 2. The van der Waals surface area contributed by atoms with Gasteiger partial charge in [-0.3, -0.25) is 9.89 Å². The molecule has 0 spiro atoms. The van der Waals surface area contributed by atoms with E-state index in [1.54, 1.807) is 36.4 Å². The molecule has 2 N–H and O–H groups in total. The molecular formula is C17H13Cl2N3O2. The average Bonchev–Trinajstić information content (AvgIpc) is 3.05. The van der Waals surface area contributed by atoms with Gasteiger partial charge in [0.05, 0.1) is 17.8 Å². The standard InChI is InChI=1S/C17H13Cl2N3O2/c1-24-16-6-5-12(8-13(16)19)20-17(23)15-9-14(21-22-15)10-3-2-4-11(18)7-10/h2-9H,1H3,(H,20,23)(H,21,22). The summed E-state index contributed by atoms with van der Waals surface area (Å²) in [5.74, 6) is 0.219. The van der Waals surface area contributed by atoms with Crippen molar-refractivity contribution in [2.75, 3.05) is 12.4 Å². The fraction of sp³-hybridized carbons (Fsp3) is 0.0588. The van der Waals surface area contributed by atoms with Crippen molar-refractivity contribution in [2.45, 2.75) is 0 Å². The molecule has 1 aromatic heterocycles. The van der Waals surface area contributed by atoms with Gasteiger partial charge in [-0.2, -0.15) is 5.10 Å². The van der Waals surface area contributed by atoms with E-state index in [1.807, 2.05) is 12.1 Å². The molecule has 5 nitrogen and oxygen atoms in total. The van der Waals surface area contributed by atoms with E-state index in [-0.39, 0.29) is 5.91 Å². The molecule has 1 amide bonds. The van der Waals surface area contributed by atoms with Crippen LogP contribution in [-0.4, -0.2) is 23.2 Å². The third kappa shape index (κ3) is 3.53. The van der Waals surface area contributed by atoms with Crippen LogP contribution in [-0.2, 0) is 0 Å². The first-order chi connectivity index (χ1) is 11.6. The van der Waals surface area contributed by atoms with Gasteiger partial charge in [-0.1, -0.05) is 35.3 Å². The molecule has 122 valence electrons. The Kier molecular flexibility index (Phi) is 4.74. The summed E-state index contributed by atoms with van der Waals surface area (Å²) in [6, 6.07) is 13.9. The van der Waals surface area contributed by atoms with E-state index >= 15 is 0 Å². The Morgan fingerprint density at radius 2 is 2.00 bits per heavy atom. The van der Waals surface area contributed by atoms with E-state index in [4.69, 9.17) is 27.9 Å². The summed E-state index contributed by atoms with van der Waals surface area (Å²) in [4.78, 5) is 12.3. The van der Waals surface area contributed by atoms with Crippen molar-refractivity contribution in [1.29, 1.82) is 0 Å². The van der Waals surface area contributed by atoms with E-state index in [9.17, 15) is 4.79 Å². The summed E-state index contributed by atoms with van der Waals surface area (Å²) in [5.41, 5.74) is 2.35. The number of amides is 1. The number of rotatable bonds is 4. The van der Waals surface area contributed by atoms with Crippen LogP contribution in [0.2, 0.25) is 10.0 Å². The van der Waals surface area contributed by atoms with E-state index in [0.717, 1.165) is 5.56 Å². The molecule has 2 aromatic carbocycles. The van der Waals surface area contributed by atoms with Crippen LogP contribution in [0.25, 0.3) is 11.3 Å². The molecule has 0 aliphatic rings. The van der Waals surface area contributed by atoms with Gasteiger partial charge >= 0.3 is 0 Å². The number of benzene rings is 2. The topological polar surface area (TPSA) is 67.0 Å². The van der Waals surface area contributed by atoms with Gasteiger partial charge in [0, 0.05) is 16.3 Å². The second-order valence-electron chi connectivity index (χ2n) is 4.98. The maximum Gasteiger partial charge on any atom is 0.273 e. The number of hydrogen-bond acceptors (Lipinski definition) is 3. The molecular weight excluding hydrogens is 349 g/mol. The van der Waals surface area contributed by atoms with Gasteiger partial charge in [-0.05, 0) is 36.4 Å². The lowest BCUT2D eigenvalue weighted by atomic mass is 10.1. The highest BCUT2D eigenvalue weighted by atomic mass is 35.5. The second kappa shape index (κ2) is 6.95. The Balaban J connectivity index is 1.78. The number of ether oxygens (including phenoxy) is 1. The molecule has 7 heteroatoms. The molecule has 0 fully saturated rings. The van der Waals surface area contributed by atoms with Crippen molar-refractivity contribution in [3.05, 3.63) is 64.3 Å². The fourth-order valence-corrected chi connectivity index (χ4v) is 2.62. The van der Waals surface area contributed by atoms with Crippen molar-refractivity contribution in [3.63, 3.8) is 0 Å². The predicted molar refractivity (Wildman–Crippen MR) is 95.0 cm³/mol. The van der Waals surface area contributed by atoms with Crippen LogP contribution >= 0.6 is 23.2 Å². The molecule has 0 aliphatic heterocycles. The van der Waals surface area contributed by atoms with Crippen LogP contribution in [0, 0.1) is 0 Å². The zero-order chi connectivity index (χ0) is 17.1. The van der Waals surface area contributed by atoms with Gasteiger partial charge in [0.1, 0.15) is 11.4 Å². The summed E-state index contributed by atoms with van der Waals surface area (Å²) in [7, 11) is 1.53. The third-order valence-electron chi connectivity index (χ3n) is 3.35. The largest absolute Gasteiger partial charge is 0.495 e. The first kappa shape index (κ1) is 16.4. The summed E-state index contributed by atoms with van der Waals surface area (Å²) in [5, 5.41) is 10.6. The minimum absolute atomic E-state index is 0.322. The Morgan fingerprint density at radius 1 is 1.17 bits per heavy atom. The van der Waals surface area contributed by atoms with Crippen LogP contribution in [0.1, 0.15) is 10.5 Å². The lowest BCUT2D eigenvalue weighted by molar-refractivity contribution is 0.102. The van der Waals surface area contributed by atoms with E-state index < -0.39 is 0 Å². The number of carbonyl (C=O) groups is 1. The number of aromatic amines is 1. The number of aromatic nitrogens is 2. The normalized spacial score (nSPS) is 10.5. The number of methoxy groups -OCH3 is 1. The number of hydrogen-bond donors (Lipinski definition) is 2. The van der Waals surface area contributed by atoms with Gasteiger partial charge in [-0.25, -0.2) is 0 Å². The molecule has 0 saturated heterocycles. The average molecular weight is 362 g/mol. The van der Waals surface area contributed by atoms with Gasteiger partial charge < -0.3 is 10.1 Å². The fourth-order valence-electron chi connectivity index (χ4n) is 2.18. The number of carbonyl (C=O) groups excluding carboxylic acids is 1. The maximum atomic E-state index is 12.3. The minimum atomic E-state index is -0.322. The van der Waals surface area contributed by atoms with Gasteiger partial charge in [0.25, 0.3) is 5.91 Å². The highest BCUT2D eigenvalue weighted by Gasteiger charge is 2.12. The van der Waals surface area contributed by atoms with Crippen LogP contribution in [0.15, 0.2) is 48.5 Å². The zero-order valence-electron chi connectivity index (χ0n) is 12.6. The first-order valence-corrected chi connectivity index (χ1v) is 7.78. The van der Waals surface area contributed by atoms with Crippen LogP contribution in [0.4, 0.5) is 5.69 Å². The van der Waals surface area contributed by atoms with Crippen molar-refractivity contribution in [2.24, 2.45) is 0 Å². The predicted octanol–water partition coefficient (Wildman–Crippen LogP) is 4.64. The lowest BCUT2D eigenvalue weighted by Crippen LogP contribution is -2.12. The van der Waals surface area contributed by atoms with Crippen molar-refractivity contribution in [1.82, 2.24) is 10.2 Å². The quantitative estimate of drug-likeness (QED) is 0.710. The minimum Gasteiger partial charge on any atom is -0.495 e. The number of halogens is 2. The van der Waals surface area contributed by atoms with Crippen LogP contribution in [0.3, 0.4) is 0 Å². The maximum absolute atomic E-state index is 12.3. The van der Waals surface area contributed by atoms with E-state index in [1.165, 1.54) is 7.11 Å². The smallest absolute Gasteiger partial charge is 0.273 e. The number of nitrogens with zero attached hydrogens (tertiary/aromatic N) is 1. The monoisotopic (exact) mass is 361 g/mol. The van der Waals surface area contributed by atoms with Gasteiger partial charge in [0.15, 0.2) is 0 Å². The zero-order valence-corrected chi connectivity index (χ0v) is 14.2. The molecule has 0 radical (unpaired) electrons. The lowest BCUT2D eigenvalue weighted by Gasteiger charge is -2.07. The Hall–Kier alpha value is -2.50. The molecule has 0 aliphatic carbocycles. The molecule has 0 unspecified atom stereocenters. The van der Waals surface area contributed by atoms with Gasteiger partial charge in [0.2, 0.25) is 0 Å². The molecule has 0 saturated carbocycles. The SMILES string of the molecule is COc1ccc(NC(=O)c2cc(-c3cccc(Cl)c3)n[nH]2)cc1Cl. The molecule has 0 bridgehead atoms. The second-order valence-corrected chi connectivity index (χ2v) is 5.82. The molecule has 1 heterocycles. The Labute approximate surface area is 148 Å². The van der Waals surface area contributed by atoms with Crippen molar-refractivity contribution in [3.8, 4) is 17.0 Å². The Morgan fingerprint density at radius 3 is 2.71 bits per heavy atom. The summed E-state index contributed by atoms with van der Waals surface area (Å²) in [6.07, 6.45) is 0. The first-order valence-electron chi connectivity index (χ1n) is 7.03. The molecule has 0 atom stereocenters. The van der Waals surface area contributed by atoms with Crippen molar-refractivity contribution < 1.29 is 9.53 Å². The molecule has 3 aromatic rings. The highest BCUT2D eigenvalue weighted by Crippen LogP contribution is 2.27.